The first-order chi connectivity index (χ1) is 10.1. The van der Waals surface area contributed by atoms with Crippen LogP contribution in [0.2, 0.25) is 5.02 Å². The predicted molar refractivity (Wildman–Crippen MR) is 91.6 cm³/mol. The molecule has 1 aromatic heterocycles. The van der Waals surface area contributed by atoms with E-state index in [-0.39, 0.29) is 0 Å². The number of para-hydroxylation sites is 1. The molecule has 0 aliphatic rings. The lowest BCUT2D eigenvalue weighted by Crippen LogP contribution is -1.99. The van der Waals surface area contributed by atoms with Crippen LogP contribution in [0.5, 0.6) is 0 Å². The third kappa shape index (κ3) is 3.06. The number of aromatic nitrogens is 1. The Morgan fingerprint density at radius 2 is 1.95 bits per heavy atom. The van der Waals surface area contributed by atoms with E-state index >= 15 is 0 Å². The largest absolute Gasteiger partial charge is 0.252 e. The maximum absolute atomic E-state index is 5.89. The summed E-state index contributed by atoms with van der Waals surface area (Å²) in [4.78, 5) is 4.57. The van der Waals surface area contributed by atoms with Gasteiger partial charge in [-0.1, -0.05) is 47.2 Å². The van der Waals surface area contributed by atoms with Crippen LogP contribution in [0.25, 0.3) is 10.2 Å². The monoisotopic (exact) mass is 315 g/mol. The number of anilines is 1. The zero-order valence-corrected chi connectivity index (χ0v) is 13.3. The summed E-state index contributed by atoms with van der Waals surface area (Å²) in [6.45, 7) is 4.02. The molecule has 0 aliphatic carbocycles. The summed E-state index contributed by atoms with van der Waals surface area (Å²) in [5.41, 5.74) is 7.17. The lowest BCUT2D eigenvalue weighted by Gasteiger charge is -2.01. The number of fused-ring (bicyclic) bond motifs is 1. The number of aryl methyl sites for hydroxylation is 1. The van der Waals surface area contributed by atoms with Gasteiger partial charge in [-0.15, -0.1) is 0 Å². The number of nitrogens with zero attached hydrogens (tertiary/aromatic N) is 2. The van der Waals surface area contributed by atoms with Gasteiger partial charge < -0.3 is 0 Å². The molecule has 5 heteroatoms. The van der Waals surface area contributed by atoms with Crippen molar-refractivity contribution >= 4 is 44.0 Å². The van der Waals surface area contributed by atoms with E-state index in [1.165, 1.54) is 5.56 Å². The minimum atomic E-state index is 0.723. The Morgan fingerprint density at radius 1 is 1.19 bits per heavy atom. The fourth-order valence-electron chi connectivity index (χ4n) is 2.02. The van der Waals surface area contributed by atoms with Gasteiger partial charge in [0.2, 0.25) is 5.13 Å². The molecule has 3 rings (SSSR count). The fourth-order valence-corrected chi connectivity index (χ4v) is 3.03. The topological polar surface area (TPSA) is 37.3 Å². The first kappa shape index (κ1) is 14.0. The van der Waals surface area contributed by atoms with Crippen molar-refractivity contribution in [2.24, 2.45) is 5.10 Å². The van der Waals surface area contributed by atoms with E-state index in [4.69, 9.17) is 11.6 Å². The van der Waals surface area contributed by atoms with E-state index in [2.05, 4.69) is 34.6 Å². The molecule has 1 heterocycles. The van der Waals surface area contributed by atoms with E-state index < -0.39 is 0 Å². The zero-order chi connectivity index (χ0) is 14.8. The summed E-state index contributed by atoms with van der Waals surface area (Å²) in [5.74, 6) is 0. The Labute approximate surface area is 132 Å². The Bertz CT molecular complexity index is 806. The maximum atomic E-state index is 5.89. The molecular formula is C16H14ClN3S. The first-order valence-electron chi connectivity index (χ1n) is 6.56. The van der Waals surface area contributed by atoms with Gasteiger partial charge in [-0.3, -0.25) is 5.43 Å². The Hall–Kier alpha value is -1.91. The average Bonchev–Trinajstić information content (AvgIpc) is 2.90. The molecule has 0 unspecified atom stereocenters. The second-order valence-corrected chi connectivity index (χ2v) is 6.22. The number of halogens is 1. The van der Waals surface area contributed by atoms with Crippen LogP contribution < -0.4 is 5.43 Å². The third-order valence-corrected chi connectivity index (χ3v) is 4.38. The van der Waals surface area contributed by atoms with Gasteiger partial charge in [-0.2, -0.15) is 5.10 Å². The number of thiazole rings is 1. The summed E-state index contributed by atoms with van der Waals surface area (Å²) in [6, 6.07) is 13.8. The van der Waals surface area contributed by atoms with E-state index in [0.717, 1.165) is 31.6 Å². The SMILES string of the molecule is C/C(=N\Nc1nc2c(C)cccc2s1)c1ccc(Cl)cc1. The normalized spacial score (nSPS) is 11.9. The highest BCUT2D eigenvalue weighted by atomic mass is 35.5. The van der Waals surface area contributed by atoms with Crippen LogP contribution in [-0.2, 0) is 0 Å². The standard InChI is InChI=1S/C16H14ClN3S/c1-10-4-3-5-14-15(10)18-16(21-14)20-19-11(2)12-6-8-13(17)9-7-12/h3-9H,1-2H3,(H,18,20)/b19-11+. The molecule has 0 amide bonds. The number of hydrazone groups is 1. The molecule has 1 N–H and O–H groups in total. The number of hydrogen-bond donors (Lipinski definition) is 1. The molecular weight excluding hydrogens is 302 g/mol. The molecule has 0 radical (unpaired) electrons. The molecule has 0 saturated carbocycles. The van der Waals surface area contributed by atoms with Crippen LogP contribution >= 0.6 is 22.9 Å². The van der Waals surface area contributed by atoms with Crippen LogP contribution in [0.4, 0.5) is 5.13 Å². The number of nitrogens with one attached hydrogen (secondary N) is 1. The van der Waals surface area contributed by atoms with E-state index in [0.29, 0.717) is 0 Å². The van der Waals surface area contributed by atoms with Crippen LogP contribution in [0, 0.1) is 6.92 Å². The van der Waals surface area contributed by atoms with Gasteiger partial charge in [-0.05, 0) is 43.2 Å². The van der Waals surface area contributed by atoms with Gasteiger partial charge in [-0.25, -0.2) is 4.98 Å². The van der Waals surface area contributed by atoms with Crippen molar-refractivity contribution in [1.82, 2.24) is 4.98 Å². The summed E-state index contributed by atoms with van der Waals surface area (Å²) < 4.78 is 1.16. The molecule has 0 aliphatic heterocycles. The minimum Gasteiger partial charge on any atom is -0.252 e. The molecule has 0 atom stereocenters. The van der Waals surface area contributed by atoms with Gasteiger partial charge in [0.05, 0.1) is 15.9 Å². The van der Waals surface area contributed by atoms with Crippen molar-refractivity contribution in [1.29, 1.82) is 0 Å². The zero-order valence-electron chi connectivity index (χ0n) is 11.7. The quantitative estimate of drug-likeness (QED) is 0.539. The molecule has 3 aromatic rings. The van der Waals surface area contributed by atoms with Gasteiger partial charge in [0, 0.05) is 5.02 Å². The second-order valence-electron chi connectivity index (χ2n) is 4.76. The van der Waals surface area contributed by atoms with Gasteiger partial charge >= 0.3 is 0 Å². The predicted octanol–water partition coefficient (Wildman–Crippen LogP) is 5.09. The molecule has 2 aromatic carbocycles. The smallest absolute Gasteiger partial charge is 0.204 e. The molecule has 3 nitrogen and oxygen atoms in total. The molecule has 0 fully saturated rings. The van der Waals surface area contributed by atoms with E-state index in [1.807, 2.05) is 37.3 Å². The van der Waals surface area contributed by atoms with Crippen LogP contribution in [0.3, 0.4) is 0 Å². The summed E-state index contributed by atoms with van der Waals surface area (Å²) >= 11 is 7.49. The van der Waals surface area contributed by atoms with Crippen LogP contribution in [-0.4, -0.2) is 10.7 Å². The third-order valence-electron chi connectivity index (χ3n) is 3.20. The summed E-state index contributed by atoms with van der Waals surface area (Å²) in [6.07, 6.45) is 0. The Kier molecular flexibility index (Phi) is 3.90. The van der Waals surface area contributed by atoms with Crippen LogP contribution in [0.1, 0.15) is 18.1 Å². The van der Waals surface area contributed by atoms with Crippen LogP contribution in [0.15, 0.2) is 47.6 Å². The van der Waals surface area contributed by atoms with Crippen molar-refractivity contribution in [3.63, 3.8) is 0 Å². The number of hydrogen-bond acceptors (Lipinski definition) is 4. The highest BCUT2D eigenvalue weighted by Crippen LogP contribution is 2.27. The highest BCUT2D eigenvalue weighted by molar-refractivity contribution is 7.22. The summed E-state index contributed by atoms with van der Waals surface area (Å²) in [7, 11) is 0. The van der Waals surface area contributed by atoms with Crippen molar-refractivity contribution in [2.75, 3.05) is 5.43 Å². The number of benzene rings is 2. The van der Waals surface area contributed by atoms with Gasteiger partial charge in [0.15, 0.2) is 0 Å². The number of rotatable bonds is 3. The second kappa shape index (κ2) is 5.84. The van der Waals surface area contributed by atoms with Gasteiger partial charge in [0.25, 0.3) is 0 Å². The molecule has 0 spiro atoms. The summed E-state index contributed by atoms with van der Waals surface area (Å²) in [5, 5.41) is 5.91. The average molecular weight is 316 g/mol. The molecule has 106 valence electrons. The molecule has 21 heavy (non-hydrogen) atoms. The fraction of sp³-hybridized carbons (Fsp3) is 0.125. The van der Waals surface area contributed by atoms with Crippen molar-refractivity contribution < 1.29 is 0 Å². The highest BCUT2D eigenvalue weighted by Gasteiger charge is 2.05. The van der Waals surface area contributed by atoms with E-state index in [9.17, 15) is 0 Å². The molecule has 0 saturated heterocycles. The minimum absolute atomic E-state index is 0.723. The Balaban J connectivity index is 1.83. The molecule has 0 bridgehead atoms. The lowest BCUT2D eigenvalue weighted by molar-refractivity contribution is 1.28. The first-order valence-corrected chi connectivity index (χ1v) is 7.75. The van der Waals surface area contributed by atoms with Crippen molar-refractivity contribution in [3.8, 4) is 0 Å². The lowest BCUT2D eigenvalue weighted by atomic mass is 10.1. The van der Waals surface area contributed by atoms with Crippen molar-refractivity contribution in [2.45, 2.75) is 13.8 Å². The Morgan fingerprint density at radius 3 is 2.67 bits per heavy atom. The van der Waals surface area contributed by atoms with E-state index in [1.54, 1.807) is 11.3 Å². The maximum Gasteiger partial charge on any atom is 0.204 e. The van der Waals surface area contributed by atoms with Crippen molar-refractivity contribution in [3.05, 3.63) is 58.6 Å². The van der Waals surface area contributed by atoms with Gasteiger partial charge in [0.1, 0.15) is 0 Å².